The summed E-state index contributed by atoms with van der Waals surface area (Å²) in [4.78, 5) is 14.4. The number of thiazole rings is 1. The van der Waals surface area contributed by atoms with E-state index >= 15 is 0 Å². The van der Waals surface area contributed by atoms with Crippen LogP contribution >= 0.6 is 23.1 Å². The fourth-order valence-electron chi connectivity index (χ4n) is 1.02. The number of alkyl halides is 3. The molecule has 0 atom stereocenters. The van der Waals surface area contributed by atoms with Crippen LogP contribution in [0, 0.1) is 0 Å². The molecule has 0 saturated heterocycles. The monoisotopic (exact) mass is 285 g/mol. The number of hydrogen-bond acceptors (Lipinski definition) is 4. The van der Waals surface area contributed by atoms with E-state index in [1.807, 2.05) is 0 Å². The summed E-state index contributed by atoms with van der Waals surface area (Å²) in [5.74, 6) is -0.636. The van der Waals surface area contributed by atoms with Gasteiger partial charge in [0.25, 0.3) is 0 Å². The van der Waals surface area contributed by atoms with Gasteiger partial charge in [0.2, 0.25) is 0 Å². The number of carbonyl (C=O) groups is 1. The first-order valence-electron chi connectivity index (χ1n) is 4.72. The molecular weight excluding hydrogens is 275 g/mol. The number of aliphatic carboxylic acids is 1. The molecule has 8 heteroatoms. The fourth-order valence-corrected chi connectivity index (χ4v) is 2.88. The minimum Gasteiger partial charge on any atom is -0.481 e. The Morgan fingerprint density at radius 1 is 1.53 bits per heavy atom. The van der Waals surface area contributed by atoms with E-state index in [1.165, 1.54) is 23.1 Å². The lowest BCUT2D eigenvalue weighted by molar-refractivity contribution is -0.136. The van der Waals surface area contributed by atoms with E-state index in [0.717, 1.165) is 0 Å². The molecule has 0 aromatic carbocycles. The topological polar surface area (TPSA) is 50.2 Å². The lowest BCUT2D eigenvalue weighted by Gasteiger charge is -2.04. The molecule has 1 rings (SSSR count). The average Bonchev–Trinajstić information content (AvgIpc) is 2.58. The van der Waals surface area contributed by atoms with Crippen molar-refractivity contribution in [1.29, 1.82) is 0 Å². The third kappa shape index (κ3) is 6.52. The number of nitrogens with zero attached hydrogens (tertiary/aromatic N) is 1. The third-order valence-electron chi connectivity index (χ3n) is 1.69. The Kier molecular flexibility index (Phi) is 5.26. The first-order valence-corrected chi connectivity index (χ1v) is 6.59. The Balaban J connectivity index is 2.28. The van der Waals surface area contributed by atoms with Gasteiger partial charge in [0.05, 0.1) is 12.1 Å². The molecule has 1 heterocycles. The van der Waals surface area contributed by atoms with Crippen LogP contribution in [0.1, 0.15) is 18.5 Å². The third-order valence-corrected chi connectivity index (χ3v) is 3.85. The van der Waals surface area contributed by atoms with Crippen LogP contribution in [0.5, 0.6) is 0 Å². The van der Waals surface area contributed by atoms with Gasteiger partial charge in [-0.25, -0.2) is 4.98 Å². The van der Waals surface area contributed by atoms with Crippen LogP contribution in [0.25, 0.3) is 0 Å². The van der Waals surface area contributed by atoms with Crippen molar-refractivity contribution in [3.8, 4) is 0 Å². The fraction of sp³-hybridized carbons (Fsp3) is 0.556. The highest BCUT2D eigenvalue weighted by Gasteiger charge is 2.25. The molecule has 0 bridgehead atoms. The van der Waals surface area contributed by atoms with E-state index in [-0.39, 0.29) is 12.8 Å². The first-order chi connectivity index (χ1) is 7.87. The molecule has 0 radical (unpaired) electrons. The molecule has 1 aromatic rings. The summed E-state index contributed by atoms with van der Waals surface area (Å²) in [5, 5.41) is 10.1. The number of aromatic nitrogens is 1. The highest BCUT2D eigenvalue weighted by atomic mass is 32.2. The zero-order valence-electron chi connectivity index (χ0n) is 8.66. The average molecular weight is 285 g/mol. The summed E-state index contributed by atoms with van der Waals surface area (Å²) in [6.07, 6.45) is -5.02. The van der Waals surface area contributed by atoms with Crippen LogP contribution in [0.3, 0.4) is 0 Å². The van der Waals surface area contributed by atoms with Gasteiger partial charge in [-0.1, -0.05) is 11.8 Å². The summed E-state index contributed by atoms with van der Waals surface area (Å²) >= 11 is 2.48. The van der Waals surface area contributed by atoms with Crippen LogP contribution in [0.15, 0.2) is 9.72 Å². The Labute approximate surface area is 104 Å². The Bertz CT molecular complexity index is 379. The van der Waals surface area contributed by atoms with Gasteiger partial charge in [-0.2, -0.15) is 13.2 Å². The van der Waals surface area contributed by atoms with Crippen LogP contribution in [-0.2, 0) is 11.2 Å². The molecular formula is C9H10F3NO2S2. The standard InChI is InChI=1S/C9H10F3NO2S2/c10-9(11,12)2-1-3-16-8-13-6(5-17-8)4-7(14)15/h5H,1-4H2,(H,14,15). The van der Waals surface area contributed by atoms with Gasteiger partial charge in [-0.15, -0.1) is 11.3 Å². The minimum absolute atomic E-state index is 0.0437. The highest BCUT2D eigenvalue weighted by molar-refractivity contribution is 8.00. The van der Waals surface area contributed by atoms with Crippen molar-refractivity contribution in [1.82, 2.24) is 4.98 Å². The maximum absolute atomic E-state index is 11.8. The molecule has 0 aliphatic carbocycles. The van der Waals surface area contributed by atoms with Crippen molar-refractivity contribution in [3.63, 3.8) is 0 Å². The van der Waals surface area contributed by atoms with E-state index in [1.54, 1.807) is 5.38 Å². The van der Waals surface area contributed by atoms with Crippen LogP contribution in [-0.4, -0.2) is 28.0 Å². The van der Waals surface area contributed by atoms with Gasteiger partial charge >= 0.3 is 12.1 Å². The number of hydrogen-bond donors (Lipinski definition) is 1. The van der Waals surface area contributed by atoms with Crippen molar-refractivity contribution >= 4 is 29.1 Å². The molecule has 0 spiro atoms. The minimum atomic E-state index is -4.11. The van der Waals surface area contributed by atoms with Gasteiger partial charge in [-0.05, 0) is 6.42 Å². The van der Waals surface area contributed by atoms with Crippen LogP contribution in [0.4, 0.5) is 13.2 Å². The summed E-state index contributed by atoms with van der Waals surface area (Å²) in [5.41, 5.74) is 0.445. The molecule has 0 aliphatic heterocycles. The number of thioether (sulfide) groups is 1. The van der Waals surface area contributed by atoms with E-state index in [9.17, 15) is 18.0 Å². The predicted octanol–water partition coefficient (Wildman–Crippen LogP) is 3.20. The van der Waals surface area contributed by atoms with Gasteiger partial charge < -0.3 is 5.11 Å². The Morgan fingerprint density at radius 3 is 2.82 bits per heavy atom. The molecule has 1 aromatic heterocycles. The summed E-state index contributed by atoms with van der Waals surface area (Å²) in [6.45, 7) is 0. The maximum Gasteiger partial charge on any atom is 0.389 e. The SMILES string of the molecule is O=C(O)Cc1csc(SCCCC(F)(F)F)n1. The number of carboxylic acid groups (broad SMARTS) is 1. The molecule has 0 fully saturated rings. The Hall–Kier alpha value is -0.760. The van der Waals surface area contributed by atoms with Crippen molar-refractivity contribution in [2.24, 2.45) is 0 Å². The number of halogens is 3. The van der Waals surface area contributed by atoms with E-state index in [2.05, 4.69) is 4.98 Å². The van der Waals surface area contributed by atoms with Crippen molar-refractivity contribution in [2.45, 2.75) is 29.8 Å². The van der Waals surface area contributed by atoms with Gasteiger partial charge in [0.15, 0.2) is 0 Å². The van der Waals surface area contributed by atoms with Gasteiger partial charge in [-0.3, -0.25) is 4.79 Å². The lowest BCUT2D eigenvalue weighted by atomic mass is 10.3. The molecule has 0 unspecified atom stereocenters. The molecule has 0 amide bonds. The molecule has 3 nitrogen and oxygen atoms in total. The molecule has 96 valence electrons. The Morgan fingerprint density at radius 2 is 2.24 bits per heavy atom. The van der Waals surface area contributed by atoms with E-state index in [4.69, 9.17) is 5.11 Å². The molecule has 17 heavy (non-hydrogen) atoms. The number of rotatable bonds is 6. The second kappa shape index (κ2) is 6.25. The quantitative estimate of drug-likeness (QED) is 0.644. The van der Waals surface area contributed by atoms with Crippen LogP contribution < -0.4 is 0 Å². The number of carboxylic acids is 1. The van der Waals surface area contributed by atoms with Crippen molar-refractivity contribution < 1.29 is 23.1 Å². The summed E-state index contributed by atoms with van der Waals surface area (Å²) in [6, 6.07) is 0. The predicted molar refractivity (Wildman–Crippen MR) is 59.5 cm³/mol. The van der Waals surface area contributed by atoms with E-state index in [0.29, 0.717) is 15.8 Å². The smallest absolute Gasteiger partial charge is 0.389 e. The van der Waals surface area contributed by atoms with Crippen LogP contribution in [0.2, 0.25) is 0 Å². The van der Waals surface area contributed by atoms with Crippen molar-refractivity contribution in [3.05, 3.63) is 11.1 Å². The van der Waals surface area contributed by atoms with Gasteiger partial charge in [0, 0.05) is 17.6 Å². The second-order valence-electron chi connectivity index (χ2n) is 3.24. The zero-order chi connectivity index (χ0) is 12.9. The highest BCUT2D eigenvalue weighted by Crippen LogP contribution is 2.27. The normalized spacial score (nSPS) is 11.7. The second-order valence-corrected chi connectivity index (χ2v) is 5.44. The first kappa shape index (κ1) is 14.3. The zero-order valence-corrected chi connectivity index (χ0v) is 10.3. The lowest BCUT2D eigenvalue weighted by Crippen LogP contribution is -2.06. The molecule has 0 aliphatic rings. The summed E-state index contributed by atoms with van der Waals surface area (Å²) in [7, 11) is 0. The molecule has 1 N–H and O–H groups in total. The van der Waals surface area contributed by atoms with Crippen molar-refractivity contribution in [2.75, 3.05) is 5.75 Å². The maximum atomic E-state index is 11.8. The van der Waals surface area contributed by atoms with E-state index < -0.39 is 18.6 Å². The summed E-state index contributed by atoms with van der Waals surface area (Å²) < 4.78 is 36.1. The van der Waals surface area contributed by atoms with Gasteiger partial charge in [0.1, 0.15) is 4.34 Å². The largest absolute Gasteiger partial charge is 0.481 e. The molecule has 0 saturated carbocycles.